The van der Waals surface area contributed by atoms with Crippen molar-refractivity contribution in [3.8, 4) is 0 Å². The Morgan fingerprint density at radius 1 is 1.06 bits per heavy atom. The summed E-state index contributed by atoms with van der Waals surface area (Å²) in [6.45, 7) is -0.119. The molecule has 0 aromatic heterocycles. The summed E-state index contributed by atoms with van der Waals surface area (Å²) in [7, 11) is -3.53. The average Bonchev–Trinajstić information content (AvgIpc) is 2.77. The first-order valence-electron chi connectivity index (χ1n) is 9.58. The van der Waals surface area contributed by atoms with E-state index in [1.165, 1.54) is 9.21 Å². The van der Waals surface area contributed by atoms with Crippen LogP contribution in [0.15, 0.2) is 48.5 Å². The Morgan fingerprint density at radius 2 is 1.72 bits per heavy atom. The molecule has 0 bridgehead atoms. The van der Waals surface area contributed by atoms with E-state index in [1.807, 2.05) is 0 Å². The number of amides is 1. The Bertz CT molecular complexity index is 1120. The van der Waals surface area contributed by atoms with Gasteiger partial charge in [-0.3, -0.25) is 14.9 Å². The van der Waals surface area contributed by atoms with Gasteiger partial charge in [-0.15, -0.1) is 0 Å². The Hall–Kier alpha value is -3.38. The summed E-state index contributed by atoms with van der Waals surface area (Å²) in [4.78, 5) is 35.4. The van der Waals surface area contributed by atoms with E-state index in [0.717, 1.165) is 12.1 Å². The molecule has 1 saturated heterocycles. The number of ether oxygens (including phenoxy) is 1. The number of nitrogens with zero attached hydrogens (tertiary/aromatic N) is 3. The molecule has 1 amide bonds. The smallest absolute Gasteiger partial charge is 0.338 e. The summed E-state index contributed by atoms with van der Waals surface area (Å²) in [5.74, 6) is -2.86. The van der Waals surface area contributed by atoms with Crippen LogP contribution in [0.4, 0.5) is 10.1 Å². The molecule has 2 aromatic carbocycles. The quantitative estimate of drug-likeness (QED) is 0.345. The summed E-state index contributed by atoms with van der Waals surface area (Å²) in [6.07, 6.45) is 0. The van der Waals surface area contributed by atoms with Gasteiger partial charge in [0.1, 0.15) is 0 Å². The van der Waals surface area contributed by atoms with Crippen molar-refractivity contribution >= 4 is 27.6 Å². The molecule has 0 N–H and O–H groups in total. The number of hydrogen-bond donors (Lipinski definition) is 0. The number of rotatable bonds is 7. The molecule has 12 heteroatoms. The van der Waals surface area contributed by atoms with Crippen molar-refractivity contribution in [2.45, 2.75) is 5.75 Å². The van der Waals surface area contributed by atoms with Crippen molar-refractivity contribution in [1.29, 1.82) is 0 Å². The highest BCUT2D eigenvalue weighted by Gasteiger charge is 2.29. The molecule has 170 valence electrons. The highest BCUT2D eigenvalue weighted by Crippen LogP contribution is 2.19. The molecule has 0 atom stereocenters. The molecule has 0 aliphatic carbocycles. The predicted molar refractivity (Wildman–Crippen MR) is 111 cm³/mol. The van der Waals surface area contributed by atoms with Crippen molar-refractivity contribution in [2.75, 3.05) is 32.8 Å². The van der Waals surface area contributed by atoms with Gasteiger partial charge in [-0.25, -0.2) is 13.2 Å². The van der Waals surface area contributed by atoms with Crippen LogP contribution < -0.4 is 0 Å². The predicted octanol–water partition coefficient (Wildman–Crippen LogP) is 1.56. The third-order valence-electron chi connectivity index (χ3n) is 4.88. The van der Waals surface area contributed by atoms with Crippen molar-refractivity contribution < 1.29 is 32.1 Å². The van der Waals surface area contributed by atoms with Crippen LogP contribution in [-0.2, 0) is 25.3 Å². The lowest BCUT2D eigenvalue weighted by Crippen LogP contribution is -2.51. The summed E-state index contributed by atoms with van der Waals surface area (Å²) in [5, 5.41) is 10.6. The molecule has 2 aromatic rings. The van der Waals surface area contributed by atoms with Crippen molar-refractivity contribution in [3.05, 3.63) is 75.6 Å². The van der Waals surface area contributed by atoms with E-state index in [9.17, 15) is 32.5 Å². The number of esters is 1. The monoisotopic (exact) mass is 465 g/mol. The largest absolute Gasteiger partial charge is 0.452 e. The van der Waals surface area contributed by atoms with E-state index in [-0.39, 0.29) is 37.5 Å². The van der Waals surface area contributed by atoms with Crippen LogP contribution in [0.5, 0.6) is 0 Å². The Labute approximate surface area is 183 Å². The highest BCUT2D eigenvalue weighted by atomic mass is 32.2. The van der Waals surface area contributed by atoms with Crippen molar-refractivity contribution in [2.24, 2.45) is 0 Å². The van der Waals surface area contributed by atoms with Crippen LogP contribution in [0.3, 0.4) is 0 Å². The second-order valence-corrected chi connectivity index (χ2v) is 8.99. The Kier molecular flexibility index (Phi) is 7.15. The molecule has 0 saturated carbocycles. The summed E-state index contributed by atoms with van der Waals surface area (Å²) in [5.41, 5.74) is -0.379. The minimum Gasteiger partial charge on any atom is -0.452 e. The average molecular weight is 465 g/mol. The minimum atomic E-state index is -3.53. The van der Waals surface area contributed by atoms with Gasteiger partial charge in [0.25, 0.3) is 5.91 Å². The van der Waals surface area contributed by atoms with Gasteiger partial charge in [0.15, 0.2) is 6.61 Å². The normalized spacial score (nSPS) is 14.7. The molecule has 3 rings (SSSR count). The lowest BCUT2D eigenvalue weighted by Gasteiger charge is -2.33. The van der Waals surface area contributed by atoms with E-state index in [0.29, 0.717) is 11.6 Å². The molecule has 1 fully saturated rings. The number of sulfonamides is 1. The number of carbonyl (C=O) groups excluding carboxylic acids is 2. The van der Waals surface area contributed by atoms with E-state index in [4.69, 9.17) is 4.74 Å². The van der Waals surface area contributed by atoms with E-state index in [2.05, 4.69) is 0 Å². The first-order chi connectivity index (χ1) is 15.2. The Balaban J connectivity index is 1.50. The van der Waals surface area contributed by atoms with Crippen LogP contribution in [0, 0.1) is 15.9 Å². The number of piperazine rings is 1. The third-order valence-corrected chi connectivity index (χ3v) is 6.73. The van der Waals surface area contributed by atoms with Gasteiger partial charge in [-0.2, -0.15) is 8.70 Å². The maximum atomic E-state index is 13.6. The topological polar surface area (TPSA) is 127 Å². The van der Waals surface area contributed by atoms with Crippen LogP contribution in [-0.4, -0.2) is 67.2 Å². The maximum Gasteiger partial charge on any atom is 0.338 e. The van der Waals surface area contributed by atoms with Crippen LogP contribution in [0.2, 0.25) is 0 Å². The second-order valence-electron chi connectivity index (χ2n) is 7.02. The molecule has 0 spiro atoms. The molecule has 1 aliphatic rings. The Morgan fingerprint density at radius 3 is 2.31 bits per heavy atom. The van der Waals surface area contributed by atoms with Crippen molar-refractivity contribution in [1.82, 2.24) is 9.21 Å². The van der Waals surface area contributed by atoms with Crippen LogP contribution in [0.25, 0.3) is 0 Å². The maximum absolute atomic E-state index is 13.6. The first-order valence-corrected chi connectivity index (χ1v) is 11.2. The molecular formula is C20H20FN3O7S. The summed E-state index contributed by atoms with van der Waals surface area (Å²) in [6, 6.07) is 11.3. The number of carbonyl (C=O) groups is 2. The van der Waals surface area contributed by atoms with Gasteiger partial charge in [0.05, 0.1) is 16.2 Å². The van der Waals surface area contributed by atoms with Crippen molar-refractivity contribution in [3.63, 3.8) is 0 Å². The molecule has 0 unspecified atom stereocenters. The fraction of sp³-hybridized carbons (Fsp3) is 0.300. The molecule has 32 heavy (non-hydrogen) atoms. The highest BCUT2D eigenvalue weighted by molar-refractivity contribution is 7.88. The zero-order valence-corrected chi connectivity index (χ0v) is 17.7. The van der Waals surface area contributed by atoms with E-state index in [1.54, 1.807) is 30.3 Å². The van der Waals surface area contributed by atoms with Crippen LogP contribution in [0.1, 0.15) is 15.9 Å². The second kappa shape index (κ2) is 9.83. The first kappa shape index (κ1) is 23.3. The summed E-state index contributed by atoms with van der Waals surface area (Å²) >= 11 is 0. The van der Waals surface area contributed by atoms with E-state index >= 15 is 0 Å². The number of nitro benzene ring substituents is 1. The van der Waals surface area contributed by atoms with Gasteiger partial charge in [0, 0.05) is 32.2 Å². The third kappa shape index (κ3) is 5.65. The van der Waals surface area contributed by atoms with Crippen LogP contribution >= 0.6 is 0 Å². The number of halogens is 1. The minimum absolute atomic E-state index is 0.114. The fourth-order valence-electron chi connectivity index (χ4n) is 3.18. The number of benzene rings is 2. The zero-order valence-electron chi connectivity index (χ0n) is 16.8. The molecule has 10 nitrogen and oxygen atoms in total. The van der Waals surface area contributed by atoms with Gasteiger partial charge in [-0.05, 0) is 17.7 Å². The fourth-order valence-corrected chi connectivity index (χ4v) is 4.69. The zero-order chi connectivity index (χ0) is 23.3. The van der Waals surface area contributed by atoms with Gasteiger partial charge >= 0.3 is 11.7 Å². The molecule has 0 radical (unpaired) electrons. The van der Waals surface area contributed by atoms with Gasteiger partial charge < -0.3 is 9.64 Å². The number of hydrogen-bond acceptors (Lipinski definition) is 7. The number of nitro groups is 1. The summed E-state index contributed by atoms with van der Waals surface area (Å²) < 4.78 is 45.0. The standard InChI is InChI=1S/C20H20FN3O7S/c21-17-12-16(6-7-18(17)24(27)28)20(26)31-13-19(25)22-8-10-23(11-9-22)32(29,30)14-15-4-2-1-3-5-15/h1-7,12H,8-11,13-14H2. The van der Waals surface area contributed by atoms with E-state index < -0.39 is 44.9 Å². The van der Waals surface area contributed by atoms with Gasteiger partial charge in [0.2, 0.25) is 15.8 Å². The molecule has 1 heterocycles. The molecule has 1 aliphatic heterocycles. The van der Waals surface area contributed by atoms with Gasteiger partial charge in [-0.1, -0.05) is 30.3 Å². The molecular weight excluding hydrogens is 445 g/mol. The lowest BCUT2D eigenvalue weighted by atomic mass is 10.2. The lowest BCUT2D eigenvalue weighted by molar-refractivity contribution is -0.387. The SMILES string of the molecule is O=C(OCC(=O)N1CCN(S(=O)(=O)Cc2ccccc2)CC1)c1ccc([N+](=O)[O-])c(F)c1.